The van der Waals surface area contributed by atoms with Crippen LogP contribution in [0.1, 0.15) is 27.8 Å². The van der Waals surface area contributed by atoms with Crippen LogP contribution in [0, 0.1) is 20.8 Å². The Labute approximate surface area is 149 Å². The lowest BCUT2D eigenvalue weighted by atomic mass is 9.87. The first kappa shape index (κ1) is 17.1. The maximum Gasteiger partial charge on any atom is 0.150 e. The van der Waals surface area contributed by atoms with Gasteiger partial charge in [-0.3, -0.25) is 4.99 Å². The Morgan fingerprint density at radius 1 is 0.760 bits per heavy atom. The summed E-state index contributed by atoms with van der Waals surface area (Å²) < 4.78 is 0. The summed E-state index contributed by atoms with van der Waals surface area (Å²) in [7, 11) is 0. The van der Waals surface area contributed by atoms with Gasteiger partial charge in [0.05, 0.1) is 5.69 Å². The fraction of sp³-hybridized carbons (Fsp3) is 0.174. The molecule has 0 saturated carbocycles. The third kappa shape index (κ3) is 3.54. The van der Waals surface area contributed by atoms with Crippen LogP contribution in [0.25, 0.3) is 0 Å². The van der Waals surface area contributed by atoms with Gasteiger partial charge < -0.3 is 5.11 Å². The average Bonchev–Trinajstić information content (AvgIpc) is 2.62. The lowest BCUT2D eigenvalue weighted by Gasteiger charge is -2.25. The molecular formula is C23H23NO. The normalized spacial score (nSPS) is 11.8. The first-order valence-electron chi connectivity index (χ1n) is 8.47. The minimum absolute atomic E-state index is 0.798. The van der Waals surface area contributed by atoms with Crippen molar-refractivity contribution in [3.8, 4) is 0 Å². The van der Waals surface area contributed by atoms with E-state index in [9.17, 15) is 5.11 Å². The molecule has 3 aromatic carbocycles. The van der Waals surface area contributed by atoms with Crippen LogP contribution >= 0.6 is 0 Å². The zero-order chi connectivity index (χ0) is 17.9. The zero-order valence-corrected chi connectivity index (χ0v) is 14.9. The Balaban J connectivity index is 2.11. The van der Waals surface area contributed by atoms with Crippen molar-refractivity contribution in [2.75, 3.05) is 0 Å². The van der Waals surface area contributed by atoms with E-state index < -0.39 is 5.60 Å². The number of aliphatic hydroxyl groups is 1. The van der Waals surface area contributed by atoms with Gasteiger partial charge in [0.25, 0.3) is 0 Å². The lowest BCUT2D eigenvalue weighted by molar-refractivity contribution is 0.161. The molecule has 0 spiro atoms. The van der Waals surface area contributed by atoms with E-state index in [-0.39, 0.29) is 0 Å². The molecule has 0 amide bonds. The molecule has 0 fully saturated rings. The minimum atomic E-state index is -1.27. The van der Waals surface area contributed by atoms with Crippen molar-refractivity contribution < 1.29 is 5.11 Å². The van der Waals surface area contributed by atoms with Gasteiger partial charge in [-0.15, -0.1) is 0 Å². The number of aryl methyl sites for hydroxylation is 3. The molecule has 126 valence electrons. The Bertz CT molecular complexity index is 820. The third-order valence-electron chi connectivity index (χ3n) is 4.44. The van der Waals surface area contributed by atoms with Crippen LogP contribution in [0.15, 0.2) is 77.8 Å². The predicted molar refractivity (Wildman–Crippen MR) is 105 cm³/mol. The molecule has 0 aliphatic heterocycles. The Hall–Kier alpha value is -2.71. The summed E-state index contributed by atoms with van der Waals surface area (Å²) in [6.45, 7) is 6.19. The first-order chi connectivity index (χ1) is 12.0. The summed E-state index contributed by atoms with van der Waals surface area (Å²) in [5, 5.41) is 11.5. The van der Waals surface area contributed by atoms with Gasteiger partial charge in [0.15, 0.2) is 5.60 Å². The Morgan fingerprint density at radius 2 is 1.20 bits per heavy atom. The van der Waals surface area contributed by atoms with Gasteiger partial charge in [-0.25, -0.2) is 0 Å². The molecule has 0 aliphatic rings. The first-order valence-corrected chi connectivity index (χ1v) is 8.47. The number of rotatable bonds is 4. The molecule has 0 aromatic heterocycles. The average molecular weight is 329 g/mol. The molecule has 0 bridgehead atoms. The van der Waals surface area contributed by atoms with E-state index in [0.29, 0.717) is 0 Å². The molecule has 25 heavy (non-hydrogen) atoms. The molecule has 0 atom stereocenters. The molecule has 0 aliphatic carbocycles. The highest BCUT2D eigenvalue weighted by molar-refractivity contribution is 5.80. The predicted octanol–water partition coefficient (Wildman–Crippen LogP) is 5.25. The second-order valence-corrected chi connectivity index (χ2v) is 6.50. The van der Waals surface area contributed by atoms with Gasteiger partial charge >= 0.3 is 0 Å². The monoisotopic (exact) mass is 329 g/mol. The van der Waals surface area contributed by atoms with Crippen LogP contribution in [-0.2, 0) is 5.60 Å². The zero-order valence-electron chi connectivity index (χ0n) is 14.9. The van der Waals surface area contributed by atoms with Gasteiger partial charge in [0.1, 0.15) is 0 Å². The largest absolute Gasteiger partial charge is 0.375 e. The van der Waals surface area contributed by atoms with Gasteiger partial charge in [-0.2, -0.15) is 0 Å². The summed E-state index contributed by atoms with van der Waals surface area (Å²) in [4.78, 5) is 4.70. The van der Waals surface area contributed by atoms with Crippen LogP contribution < -0.4 is 0 Å². The van der Waals surface area contributed by atoms with E-state index >= 15 is 0 Å². The van der Waals surface area contributed by atoms with Crippen molar-refractivity contribution >= 4 is 11.9 Å². The van der Waals surface area contributed by atoms with E-state index in [1.807, 2.05) is 60.7 Å². The summed E-state index contributed by atoms with van der Waals surface area (Å²) >= 11 is 0. The third-order valence-corrected chi connectivity index (χ3v) is 4.44. The lowest BCUT2D eigenvalue weighted by Crippen LogP contribution is -2.29. The molecule has 0 heterocycles. The van der Waals surface area contributed by atoms with E-state index in [1.54, 1.807) is 6.21 Å². The van der Waals surface area contributed by atoms with Gasteiger partial charge in [-0.1, -0.05) is 78.4 Å². The summed E-state index contributed by atoms with van der Waals surface area (Å²) in [5.74, 6) is 0. The molecular weight excluding hydrogens is 306 g/mol. The second-order valence-electron chi connectivity index (χ2n) is 6.50. The van der Waals surface area contributed by atoms with Crippen molar-refractivity contribution in [1.82, 2.24) is 0 Å². The molecule has 3 aromatic rings. The highest BCUT2D eigenvalue weighted by Gasteiger charge is 2.29. The standard InChI is InChI=1S/C23H23NO/c1-17-14-18(2)22(19(3)15-17)24-16-23(25,20-10-6-4-7-11-20)21-12-8-5-9-13-21/h4-16,25H,1-3H3. The molecule has 1 N–H and O–H groups in total. The van der Waals surface area contributed by atoms with Crippen LogP contribution in [0.3, 0.4) is 0 Å². The highest BCUT2D eigenvalue weighted by atomic mass is 16.3. The fourth-order valence-corrected chi connectivity index (χ4v) is 3.23. The number of hydrogen-bond acceptors (Lipinski definition) is 2. The smallest absolute Gasteiger partial charge is 0.150 e. The van der Waals surface area contributed by atoms with E-state index in [4.69, 9.17) is 4.99 Å². The van der Waals surface area contributed by atoms with Crippen molar-refractivity contribution in [3.63, 3.8) is 0 Å². The quantitative estimate of drug-likeness (QED) is 0.651. The van der Waals surface area contributed by atoms with Crippen molar-refractivity contribution in [2.45, 2.75) is 26.4 Å². The Kier molecular flexibility index (Phi) is 4.82. The molecule has 3 rings (SSSR count). The van der Waals surface area contributed by atoms with Gasteiger partial charge in [0.2, 0.25) is 0 Å². The number of hydrogen-bond donors (Lipinski definition) is 1. The summed E-state index contributed by atoms with van der Waals surface area (Å²) in [6.07, 6.45) is 1.66. The molecule has 2 nitrogen and oxygen atoms in total. The van der Waals surface area contributed by atoms with Gasteiger partial charge in [-0.05, 0) is 43.0 Å². The van der Waals surface area contributed by atoms with E-state index in [2.05, 4.69) is 32.9 Å². The summed E-state index contributed by atoms with van der Waals surface area (Å²) in [6, 6.07) is 23.5. The van der Waals surface area contributed by atoms with E-state index in [0.717, 1.165) is 27.9 Å². The summed E-state index contributed by atoms with van der Waals surface area (Å²) in [5.41, 5.74) is 4.67. The second kappa shape index (κ2) is 7.04. The van der Waals surface area contributed by atoms with Crippen LogP contribution in [0.5, 0.6) is 0 Å². The highest BCUT2D eigenvalue weighted by Crippen LogP contribution is 2.31. The van der Waals surface area contributed by atoms with E-state index in [1.165, 1.54) is 5.56 Å². The Morgan fingerprint density at radius 3 is 1.64 bits per heavy atom. The van der Waals surface area contributed by atoms with Gasteiger partial charge in [0, 0.05) is 6.21 Å². The van der Waals surface area contributed by atoms with Crippen LogP contribution in [0.4, 0.5) is 5.69 Å². The van der Waals surface area contributed by atoms with Crippen molar-refractivity contribution in [1.29, 1.82) is 0 Å². The van der Waals surface area contributed by atoms with Crippen molar-refractivity contribution in [2.24, 2.45) is 4.99 Å². The number of nitrogens with zero attached hydrogens (tertiary/aromatic N) is 1. The fourth-order valence-electron chi connectivity index (χ4n) is 3.23. The topological polar surface area (TPSA) is 32.6 Å². The molecule has 0 saturated heterocycles. The van der Waals surface area contributed by atoms with Crippen LogP contribution in [-0.4, -0.2) is 11.3 Å². The molecule has 0 radical (unpaired) electrons. The number of benzene rings is 3. The van der Waals surface area contributed by atoms with Crippen LogP contribution in [0.2, 0.25) is 0 Å². The molecule has 2 heteroatoms. The SMILES string of the molecule is Cc1cc(C)c(N=CC(O)(c2ccccc2)c2ccccc2)c(C)c1. The van der Waals surface area contributed by atoms with Crippen molar-refractivity contribution in [3.05, 3.63) is 101 Å². The number of aliphatic imine (C=N–C) groups is 1. The maximum atomic E-state index is 11.5. The minimum Gasteiger partial charge on any atom is -0.375 e. The molecule has 0 unspecified atom stereocenters. The maximum absolute atomic E-state index is 11.5.